The monoisotopic (exact) mass is 538 g/mol. The first-order valence-corrected chi connectivity index (χ1v) is 13.3. The predicted molar refractivity (Wildman–Crippen MR) is 154 cm³/mol. The molecule has 2 aromatic heterocycles. The zero-order chi connectivity index (χ0) is 28.5. The van der Waals surface area contributed by atoms with Crippen molar-refractivity contribution in [1.82, 2.24) is 14.9 Å². The summed E-state index contributed by atoms with van der Waals surface area (Å²) in [6.45, 7) is 15.4. The van der Waals surface area contributed by atoms with Gasteiger partial charge in [0.25, 0.3) is 11.8 Å². The molecule has 0 aliphatic rings. The van der Waals surface area contributed by atoms with Crippen LogP contribution in [-0.4, -0.2) is 46.9 Å². The fourth-order valence-electron chi connectivity index (χ4n) is 3.61. The van der Waals surface area contributed by atoms with E-state index in [0.717, 1.165) is 5.57 Å². The molecule has 1 unspecified atom stereocenters. The lowest BCUT2D eigenvalue weighted by atomic mass is 9.98. The summed E-state index contributed by atoms with van der Waals surface area (Å²) in [6, 6.07) is 0.787. The van der Waals surface area contributed by atoms with Gasteiger partial charge in [0.2, 0.25) is 0 Å². The smallest absolute Gasteiger partial charge is 0.253 e. The summed E-state index contributed by atoms with van der Waals surface area (Å²) in [6.07, 6.45) is 11.5. The van der Waals surface area contributed by atoms with Gasteiger partial charge in [0, 0.05) is 41.6 Å². The number of carbonyl (C=O) groups is 3. The number of nitrogens with zero attached hydrogens (tertiary/aromatic N) is 2. The number of ether oxygens (including phenoxy) is 1. The van der Waals surface area contributed by atoms with Gasteiger partial charge in [0.05, 0.1) is 17.9 Å². The highest BCUT2D eigenvalue weighted by Crippen LogP contribution is 2.25. The second-order valence-electron chi connectivity index (χ2n) is 9.64. The molecule has 0 spiro atoms. The largest absolute Gasteiger partial charge is 0.382 e. The van der Waals surface area contributed by atoms with Crippen molar-refractivity contribution in [3.8, 4) is 0 Å². The number of hydrogen-bond donors (Lipinski definition) is 2. The van der Waals surface area contributed by atoms with E-state index < -0.39 is 11.9 Å². The van der Waals surface area contributed by atoms with Crippen molar-refractivity contribution in [3.63, 3.8) is 0 Å². The number of nitrogens with one attached hydrogen (secondary N) is 2. The van der Waals surface area contributed by atoms with Crippen LogP contribution >= 0.6 is 11.3 Å². The molecule has 0 radical (unpaired) electrons. The van der Waals surface area contributed by atoms with Gasteiger partial charge >= 0.3 is 0 Å². The molecule has 0 fully saturated rings. The van der Waals surface area contributed by atoms with E-state index in [4.69, 9.17) is 4.74 Å². The molecule has 0 aliphatic heterocycles. The molecular formula is C29H38N4O4S. The Hall–Kier alpha value is -3.56. The molecule has 2 N–H and O–H groups in total. The first-order valence-electron chi connectivity index (χ1n) is 12.4. The lowest BCUT2D eigenvalue weighted by Gasteiger charge is -2.21. The molecule has 0 bridgehead atoms. The van der Waals surface area contributed by atoms with Gasteiger partial charge in [-0.05, 0) is 58.8 Å². The lowest BCUT2D eigenvalue weighted by molar-refractivity contribution is -0.119. The molecule has 2 rings (SSSR count). The minimum absolute atomic E-state index is 0.00883. The number of thiazole rings is 1. The van der Waals surface area contributed by atoms with Crippen LogP contribution in [0, 0.1) is 0 Å². The van der Waals surface area contributed by atoms with Crippen LogP contribution < -0.4 is 10.6 Å². The third-order valence-electron chi connectivity index (χ3n) is 5.71. The standard InChI is InChI=1S/C29H38N4O4S/c1-9-12-20(10-2)23(19(4)34)15-21(11-3)25-18-38-28(31-25)32-27(36)24(17-37-8)30-26(35)22-13-14-33(16-22)29(5,6)7/h9,11-16,18,24H,3,10,17H2,1-2,4-8H3,(H,30,35)(H,31,32,36)/b12-9-,21-15+,23-20-. The Morgan fingerprint density at radius 2 is 2.00 bits per heavy atom. The Balaban J connectivity index is 2.23. The van der Waals surface area contributed by atoms with Crippen LogP contribution in [0.25, 0.3) is 5.57 Å². The van der Waals surface area contributed by atoms with Crippen LogP contribution in [0.15, 0.2) is 65.9 Å². The third kappa shape index (κ3) is 8.22. The normalized spacial score (nSPS) is 13.7. The number of allylic oxidation sites excluding steroid dienone is 7. The molecule has 204 valence electrons. The fraction of sp³-hybridized carbons (Fsp3) is 0.379. The Morgan fingerprint density at radius 1 is 1.29 bits per heavy atom. The van der Waals surface area contributed by atoms with E-state index in [2.05, 4.69) is 22.2 Å². The molecule has 8 nitrogen and oxygen atoms in total. The second kappa shape index (κ2) is 13.8. The topological polar surface area (TPSA) is 102 Å². The minimum atomic E-state index is -0.924. The van der Waals surface area contributed by atoms with Crippen LogP contribution in [0.1, 0.15) is 64.0 Å². The van der Waals surface area contributed by atoms with E-state index in [-0.39, 0.29) is 23.8 Å². The van der Waals surface area contributed by atoms with Crippen molar-refractivity contribution in [2.45, 2.75) is 59.5 Å². The highest BCUT2D eigenvalue weighted by atomic mass is 32.1. The van der Waals surface area contributed by atoms with Crippen molar-refractivity contribution in [3.05, 3.63) is 77.1 Å². The Labute approximate surface area is 229 Å². The molecule has 0 saturated carbocycles. The van der Waals surface area contributed by atoms with Gasteiger partial charge in [-0.3, -0.25) is 14.4 Å². The number of methoxy groups -OCH3 is 1. The quantitative estimate of drug-likeness (QED) is 0.273. The Bertz CT molecular complexity index is 1260. The summed E-state index contributed by atoms with van der Waals surface area (Å²) in [4.78, 5) is 42.7. The molecule has 9 heteroatoms. The molecule has 0 aliphatic carbocycles. The van der Waals surface area contributed by atoms with Crippen LogP contribution in [0.4, 0.5) is 5.13 Å². The number of carbonyl (C=O) groups excluding carboxylic acids is 3. The van der Waals surface area contributed by atoms with E-state index in [1.165, 1.54) is 25.4 Å². The molecule has 0 aromatic carbocycles. The number of hydrogen-bond acceptors (Lipinski definition) is 6. The average Bonchev–Trinajstić information content (AvgIpc) is 3.53. The summed E-state index contributed by atoms with van der Waals surface area (Å²) >= 11 is 1.23. The highest BCUT2D eigenvalue weighted by Gasteiger charge is 2.24. The predicted octanol–water partition coefficient (Wildman–Crippen LogP) is 5.52. The van der Waals surface area contributed by atoms with Gasteiger partial charge in [-0.15, -0.1) is 11.3 Å². The molecule has 2 aromatic rings. The molecule has 2 heterocycles. The molecule has 38 heavy (non-hydrogen) atoms. The first-order chi connectivity index (χ1) is 17.9. The van der Waals surface area contributed by atoms with Gasteiger partial charge in [0.1, 0.15) is 6.04 Å². The number of Topliss-reactive ketones (excluding diaryl/α,β-unsaturated/α-hetero) is 1. The van der Waals surface area contributed by atoms with Crippen molar-refractivity contribution in [1.29, 1.82) is 0 Å². The van der Waals surface area contributed by atoms with Crippen LogP contribution in [-0.2, 0) is 19.9 Å². The summed E-state index contributed by atoms with van der Waals surface area (Å²) in [5.74, 6) is -0.886. The maximum absolute atomic E-state index is 13.0. The summed E-state index contributed by atoms with van der Waals surface area (Å²) in [5.41, 5.74) is 3.01. The maximum Gasteiger partial charge on any atom is 0.253 e. The number of anilines is 1. The van der Waals surface area contributed by atoms with E-state index in [9.17, 15) is 14.4 Å². The van der Waals surface area contributed by atoms with Gasteiger partial charge in [-0.2, -0.15) is 0 Å². The summed E-state index contributed by atoms with van der Waals surface area (Å²) in [5, 5.41) is 7.63. The van der Waals surface area contributed by atoms with Gasteiger partial charge in [-0.25, -0.2) is 4.98 Å². The van der Waals surface area contributed by atoms with E-state index >= 15 is 0 Å². The zero-order valence-corrected chi connectivity index (χ0v) is 24.1. The maximum atomic E-state index is 13.0. The van der Waals surface area contributed by atoms with Crippen LogP contribution in [0.2, 0.25) is 0 Å². The van der Waals surface area contributed by atoms with E-state index in [0.29, 0.717) is 34.0 Å². The third-order valence-corrected chi connectivity index (χ3v) is 6.47. The molecule has 1 atom stereocenters. The number of aromatic nitrogens is 2. The first kappa shape index (κ1) is 30.7. The van der Waals surface area contributed by atoms with Crippen molar-refractivity contribution in [2.24, 2.45) is 0 Å². The van der Waals surface area contributed by atoms with Crippen LogP contribution in [0.3, 0.4) is 0 Å². The average molecular weight is 539 g/mol. The van der Waals surface area contributed by atoms with Crippen molar-refractivity contribution < 1.29 is 19.1 Å². The lowest BCUT2D eigenvalue weighted by Crippen LogP contribution is -2.46. The summed E-state index contributed by atoms with van der Waals surface area (Å²) in [7, 11) is 1.46. The van der Waals surface area contributed by atoms with E-state index in [1.807, 2.05) is 57.5 Å². The number of ketones is 1. The van der Waals surface area contributed by atoms with Gasteiger partial charge in [-0.1, -0.05) is 31.7 Å². The van der Waals surface area contributed by atoms with Crippen molar-refractivity contribution >= 4 is 39.6 Å². The number of rotatable bonds is 12. The van der Waals surface area contributed by atoms with Gasteiger partial charge in [0.15, 0.2) is 10.9 Å². The fourth-order valence-corrected chi connectivity index (χ4v) is 4.33. The van der Waals surface area contributed by atoms with Crippen molar-refractivity contribution in [2.75, 3.05) is 19.0 Å². The van der Waals surface area contributed by atoms with Crippen LogP contribution in [0.5, 0.6) is 0 Å². The van der Waals surface area contributed by atoms with Gasteiger partial charge < -0.3 is 19.9 Å². The second-order valence-corrected chi connectivity index (χ2v) is 10.5. The molecular weight excluding hydrogens is 500 g/mol. The van der Waals surface area contributed by atoms with E-state index in [1.54, 1.807) is 29.8 Å². The molecule has 2 amide bonds. The minimum Gasteiger partial charge on any atom is -0.382 e. The zero-order valence-electron chi connectivity index (χ0n) is 23.3. The Morgan fingerprint density at radius 3 is 2.53 bits per heavy atom. The molecule has 0 saturated heterocycles. The Kier molecular flexibility index (Phi) is 11.2. The highest BCUT2D eigenvalue weighted by molar-refractivity contribution is 7.14. The number of amides is 2. The summed E-state index contributed by atoms with van der Waals surface area (Å²) < 4.78 is 7.11. The SMILES string of the molecule is C=C\C(=C/C(C(C)=O)=C(/C=C\C)CC)c1csc(NC(=O)C(COC)NC(=O)c2ccn(C(C)(C)C)c2)n1.